The molecule has 1 atom stereocenters. The van der Waals surface area contributed by atoms with Crippen LogP contribution in [0.3, 0.4) is 0 Å². The van der Waals surface area contributed by atoms with E-state index in [1.54, 1.807) is 14.2 Å². The third-order valence-corrected chi connectivity index (χ3v) is 4.81. The van der Waals surface area contributed by atoms with Gasteiger partial charge in [0.2, 0.25) is 0 Å². The number of hydrogen-bond donors (Lipinski definition) is 3. The molecule has 3 N–H and O–H groups in total. The standard InChI is InChI=1S/C22H28N4O/c1-16(17-8-10-20(27-3)11-9-17)12-13-24-22(23-2)25-15-19-14-18-6-4-5-7-21(18)26-19/h4-11,14,16,26H,12-13,15H2,1-3H3,(H2,23,24,25). The number of nitrogens with one attached hydrogen (secondary N) is 3. The van der Waals surface area contributed by atoms with Gasteiger partial charge in [-0.15, -0.1) is 0 Å². The number of benzene rings is 2. The first-order chi connectivity index (χ1) is 13.2. The van der Waals surface area contributed by atoms with Gasteiger partial charge in [0.05, 0.1) is 13.7 Å². The van der Waals surface area contributed by atoms with Gasteiger partial charge in [0.15, 0.2) is 5.96 Å². The van der Waals surface area contributed by atoms with Gasteiger partial charge in [-0.05, 0) is 47.6 Å². The Morgan fingerprint density at radius 2 is 1.89 bits per heavy atom. The minimum atomic E-state index is 0.468. The van der Waals surface area contributed by atoms with Crippen molar-refractivity contribution in [1.29, 1.82) is 0 Å². The number of nitrogens with zero attached hydrogens (tertiary/aromatic N) is 1. The van der Waals surface area contributed by atoms with E-state index in [9.17, 15) is 0 Å². The van der Waals surface area contributed by atoms with Gasteiger partial charge in [0.1, 0.15) is 5.75 Å². The van der Waals surface area contributed by atoms with Gasteiger partial charge >= 0.3 is 0 Å². The lowest BCUT2D eigenvalue weighted by molar-refractivity contribution is 0.414. The Balaban J connectivity index is 1.45. The minimum absolute atomic E-state index is 0.468. The highest BCUT2D eigenvalue weighted by atomic mass is 16.5. The number of hydrogen-bond acceptors (Lipinski definition) is 2. The third-order valence-electron chi connectivity index (χ3n) is 4.81. The second-order valence-electron chi connectivity index (χ2n) is 6.70. The fourth-order valence-corrected chi connectivity index (χ4v) is 3.13. The summed E-state index contributed by atoms with van der Waals surface area (Å²) >= 11 is 0. The molecule has 3 aromatic rings. The lowest BCUT2D eigenvalue weighted by Crippen LogP contribution is -2.37. The van der Waals surface area contributed by atoms with Crippen LogP contribution in [0.5, 0.6) is 5.75 Å². The van der Waals surface area contributed by atoms with E-state index in [0.29, 0.717) is 12.5 Å². The second kappa shape index (κ2) is 9.12. The summed E-state index contributed by atoms with van der Waals surface area (Å²) in [6.07, 6.45) is 1.03. The number of para-hydroxylation sites is 1. The molecule has 1 unspecified atom stereocenters. The number of aliphatic imine (C=N–C) groups is 1. The van der Waals surface area contributed by atoms with Crippen molar-refractivity contribution in [2.45, 2.75) is 25.8 Å². The van der Waals surface area contributed by atoms with Crippen LogP contribution in [0, 0.1) is 0 Å². The van der Waals surface area contributed by atoms with E-state index in [0.717, 1.165) is 35.9 Å². The number of H-pyrrole nitrogens is 1. The summed E-state index contributed by atoms with van der Waals surface area (Å²) < 4.78 is 5.22. The molecule has 0 aliphatic rings. The monoisotopic (exact) mass is 364 g/mol. The van der Waals surface area contributed by atoms with E-state index in [1.165, 1.54) is 10.9 Å². The van der Waals surface area contributed by atoms with Gasteiger partial charge in [0, 0.05) is 24.8 Å². The Labute approximate surface area is 160 Å². The van der Waals surface area contributed by atoms with Crippen LogP contribution in [0.25, 0.3) is 10.9 Å². The molecule has 3 rings (SSSR count). The van der Waals surface area contributed by atoms with Crippen LogP contribution >= 0.6 is 0 Å². The van der Waals surface area contributed by atoms with E-state index in [1.807, 2.05) is 18.2 Å². The highest BCUT2D eigenvalue weighted by Crippen LogP contribution is 2.21. The Hall–Kier alpha value is -2.95. The Kier molecular flexibility index (Phi) is 6.36. The highest BCUT2D eigenvalue weighted by Gasteiger charge is 2.07. The summed E-state index contributed by atoms with van der Waals surface area (Å²) in [6, 6.07) is 18.8. The number of ether oxygens (including phenoxy) is 1. The molecule has 27 heavy (non-hydrogen) atoms. The minimum Gasteiger partial charge on any atom is -0.497 e. The smallest absolute Gasteiger partial charge is 0.191 e. The molecule has 1 aromatic heterocycles. The number of methoxy groups -OCH3 is 1. The van der Waals surface area contributed by atoms with Crippen molar-refractivity contribution in [3.05, 3.63) is 65.9 Å². The first-order valence-electron chi connectivity index (χ1n) is 9.34. The first-order valence-corrected chi connectivity index (χ1v) is 9.34. The molecule has 142 valence electrons. The molecule has 0 aliphatic heterocycles. The zero-order chi connectivity index (χ0) is 19.1. The Bertz CT molecular complexity index is 850. The molecule has 0 bridgehead atoms. The number of aromatic amines is 1. The molecule has 2 aromatic carbocycles. The van der Waals surface area contributed by atoms with Crippen LogP contribution in [0.1, 0.15) is 30.5 Å². The summed E-state index contributed by atoms with van der Waals surface area (Å²) in [5.74, 6) is 2.18. The summed E-state index contributed by atoms with van der Waals surface area (Å²) in [4.78, 5) is 7.74. The molecule has 0 amide bonds. The van der Waals surface area contributed by atoms with E-state index < -0.39 is 0 Å². The predicted octanol–water partition coefficient (Wildman–Crippen LogP) is 4.04. The molecule has 0 saturated heterocycles. The van der Waals surface area contributed by atoms with Crippen molar-refractivity contribution in [1.82, 2.24) is 15.6 Å². The van der Waals surface area contributed by atoms with Crippen molar-refractivity contribution in [3.8, 4) is 5.75 Å². The van der Waals surface area contributed by atoms with Gasteiger partial charge in [-0.25, -0.2) is 0 Å². The van der Waals surface area contributed by atoms with Crippen molar-refractivity contribution in [3.63, 3.8) is 0 Å². The van der Waals surface area contributed by atoms with Crippen molar-refractivity contribution in [2.24, 2.45) is 4.99 Å². The summed E-state index contributed by atoms with van der Waals surface area (Å²) in [5, 5.41) is 7.99. The van der Waals surface area contributed by atoms with Crippen molar-refractivity contribution in [2.75, 3.05) is 20.7 Å². The van der Waals surface area contributed by atoms with Crippen LogP contribution in [-0.4, -0.2) is 31.6 Å². The fourth-order valence-electron chi connectivity index (χ4n) is 3.13. The second-order valence-corrected chi connectivity index (χ2v) is 6.70. The van der Waals surface area contributed by atoms with Crippen LogP contribution in [0.15, 0.2) is 59.6 Å². The van der Waals surface area contributed by atoms with Crippen LogP contribution in [0.2, 0.25) is 0 Å². The zero-order valence-electron chi connectivity index (χ0n) is 16.3. The summed E-state index contributed by atoms with van der Waals surface area (Å²) in [6.45, 7) is 3.81. The highest BCUT2D eigenvalue weighted by molar-refractivity contribution is 5.81. The quantitative estimate of drug-likeness (QED) is 0.438. The molecule has 0 spiro atoms. The fraction of sp³-hybridized carbons (Fsp3) is 0.318. The van der Waals surface area contributed by atoms with Crippen molar-refractivity contribution >= 4 is 16.9 Å². The van der Waals surface area contributed by atoms with Gasteiger partial charge in [-0.1, -0.05) is 37.3 Å². The molecular formula is C22H28N4O. The Morgan fingerprint density at radius 3 is 2.59 bits per heavy atom. The van der Waals surface area contributed by atoms with E-state index in [4.69, 9.17) is 4.74 Å². The van der Waals surface area contributed by atoms with Gasteiger partial charge in [-0.2, -0.15) is 0 Å². The van der Waals surface area contributed by atoms with Gasteiger partial charge in [-0.3, -0.25) is 4.99 Å². The molecular weight excluding hydrogens is 336 g/mol. The lowest BCUT2D eigenvalue weighted by Gasteiger charge is -2.15. The summed E-state index contributed by atoms with van der Waals surface area (Å²) in [7, 11) is 3.49. The number of guanidine groups is 1. The van der Waals surface area contributed by atoms with E-state index in [2.05, 4.69) is 63.9 Å². The molecule has 1 heterocycles. The predicted molar refractivity (Wildman–Crippen MR) is 113 cm³/mol. The third kappa shape index (κ3) is 5.03. The van der Waals surface area contributed by atoms with E-state index in [-0.39, 0.29) is 0 Å². The maximum Gasteiger partial charge on any atom is 0.191 e. The van der Waals surface area contributed by atoms with E-state index >= 15 is 0 Å². The number of rotatable bonds is 7. The first kappa shape index (κ1) is 18.8. The van der Waals surface area contributed by atoms with Crippen molar-refractivity contribution < 1.29 is 4.74 Å². The maximum atomic E-state index is 5.22. The topological polar surface area (TPSA) is 61.4 Å². The molecule has 5 nitrogen and oxygen atoms in total. The number of fused-ring (bicyclic) bond motifs is 1. The van der Waals surface area contributed by atoms with Crippen LogP contribution in [-0.2, 0) is 6.54 Å². The van der Waals surface area contributed by atoms with Crippen LogP contribution < -0.4 is 15.4 Å². The van der Waals surface area contributed by atoms with Gasteiger partial charge < -0.3 is 20.4 Å². The maximum absolute atomic E-state index is 5.22. The normalized spacial score (nSPS) is 12.8. The molecule has 0 fully saturated rings. The molecule has 5 heteroatoms. The van der Waals surface area contributed by atoms with Crippen LogP contribution in [0.4, 0.5) is 0 Å². The molecule has 0 saturated carbocycles. The SMILES string of the molecule is CN=C(NCCC(C)c1ccc(OC)cc1)NCc1cc2ccccc2[nH]1. The Morgan fingerprint density at radius 1 is 1.11 bits per heavy atom. The average Bonchev–Trinajstić information content (AvgIpc) is 3.13. The largest absolute Gasteiger partial charge is 0.497 e. The summed E-state index contributed by atoms with van der Waals surface area (Å²) in [5.41, 5.74) is 3.62. The lowest BCUT2D eigenvalue weighted by atomic mass is 9.98. The molecule has 0 aliphatic carbocycles. The average molecular weight is 364 g/mol. The zero-order valence-corrected chi connectivity index (χ0v) is 16.3. The molecule has 0 radical (unpaired) electrons. The van der Waals surface area contributed by atoms with Gasteiger partial charge in [0.25, 0.3) is 0 Å². The number of aromatic nitrogens is 1.